The molecule has 5 nitrogen and oxygen atoms in total. The van der Waals surface area contributed by atoms with E-state index in [1.807, 2.05) is 19.9 Å². The van der Waals surface area contributed by atoms with Gasteiger partial charge in [-0.25, -0.2) is 4.79 Å². The normalized spacial score (nSPS) is 22.2. The number of carbonyl (C=O) groups is 1. The summed E-state index contributed by atoms with van der Waals surface area (Å²) in [6, 6.07) is 7.15. The molecule has 20 heavy (non-hydrogen) atoms. The predicted octanol–water partition coefficient (Wildman–Crippen LogP) is 2.50. The Bertz CT molecular complexity index is 546. The standard InChI is InChI=1S/C14H16BrN3O2/c1-9-7-17-8-10(2)18(9)14(19)20-13-4-3-12(15)5-11(13)6-16/h3-5,9-10,17H,7-8H2,1-2H3. The summed E-state index contributed by atoms with van der Waals surface area (Å²) in [5.74, 6) is 0.290. The molecule has 1 aromatic rings. The first-order valence-electron chi connectivity index (χ1n) is 6.43. The highest BCUT2D eigenvalue weighted by atomic mass is 79.9. The van der Waals surface area contributed by atoms with Crippen LogP contribution in [0.15, 0.2) is 22.7 Å². The number of rotatable bonds is 1. The molecule has 1 N–H and O–H groups in total. The third kappa shape index (κ3) is 3.11. The molecule has 0 saturated carbocycles. The van der Waals surface area contributed by atoms with Crippen LogP contribution in [0.25, 0.3) is 0 Å². The minimum atomic E-state index is -0.412. The Hall–Kier alpha value is -1.58. The van der Waals surface area contributed by atoms with Crippen LogP contribution in [0.4, 0.5) is 4.79 Å². The highest BCUT2D eigenvalue weighted by Crippen LogP contribution is 2.24. The minimum absolute atomic E-state index is 0.0623. The fourth-order valence-corrected chi connectivity index (χ4v) is 2.68. The van der Waals surface area contributed by atoms with Crippen molar-refractivity contribution < 1.29 is 9.53 Å². The van der Waals surface area contributed by atoms with E-state index in [2.05, 4.69) is 21.2 Å². The summed E-state index contributed by atoms with van der Waals surface area (Å²) in [5, 5.41) is 12.3. The van der Waals surface area contributed by atoms with Gasteiger partial charge in [-0.05, 0) is 32.0 Å². The third-order valence-electron chi connectivity index (χ3n) is 3.30. The molecule has 2 atom stereocenters. The molecule has 1 heterocycles. The topological polar surface area (TPSA) is 65.4 Å². The van der Waals surface area contributed by atoms with Gasteiger partial charge in [0.05, 0.1) is 5.56 Å². The number of amides is 1. The summed E-state index contributed by atoms with van der Waals surface area (Å²) in [5.41, 5.74) is 0.336. The first-order valence-corrected chi connectivity index (χ1v) is 7.22. The number of hydrogen-bond donors (Lipinski definition) is 1. The quantitative estimate of drug-likeness (QED) is 0.855. The summed E-state index contributed by atoms with van der Waals surface area (Å²) < 4.78 is 6.16. The van der Waals surface area contributed by atoms with Crippen LogP contribution in [0, 0.1) is 11.3 Å². The summed E-state index contributed by atoms with van der Waals surface area (Å²) in [7, 11) is 0. The molecule has 1 saturated heterocycles. The smallest absolute Gasteiger partial charge is 0.409 e. The first kappa shape index (κ1) is 14.8. The summed E-state index contributed by atoms with van der Waals surface area (Å²) >= 11 is 3.29. The summed E-state index contributed by atoms with van der Waals surface area (Å²) in [4.78, 5) is 14.0. The molecule has 0 radical (unpaired) electrons. The fraction of sp³-hybridized carbons (Fsp3) is 0.429. The number of carbonyl (C=O) groups excluding carboxylic acids is 1. The number of nitriles is 1. The van der Waals surface area contributed by atoms with E-state index in [4.69, 9.17) is 10.00 Å². The van der Waals surface area contributed by atoms with E-state index in [-0.39, 0.29) is 12.1 Å². The van der Waals surface area contributed by atoms with Gasteiger partial charge >= 0.3 is 6.09 Å². The molecule has 1 amide bonds. The van der Waals surface area contributed by atoms with Crippen LogP contribution < -0.4 is 10.1 Å². The average molecular weight is 338 g/mol. The van der Waals surface area contributed by atoms with Crippen molar-refractivity contribution in [1.29, 1.82) is 5.26 Å². The highest BCUT2D eigenvalue weighted by molar-refractivity contribution is 9.10. The molecule has 0 aromatic heterocycles. The Kier molecular flexibility index (Phi) is 4.63. The number of halogens is 1. The second kappa shape index (κ2) is 6.25. The van der Waals surface area contributed by atoms with Crippen molar-refractivity contribution in [1.82, 2.24) is 10.2 Å². The molecule has 0 spiro atoms. The Balaban J connectivity index is 2.17. The lowest BCUT2D eigenvalue weighted by Gasteiger charge is -2.38. The average Bonchev–Trinajstić information content (AvgIpc) is 2.40. The molecule has 6 heteroatoms. The zero-order valence-corrected chi connectivity index (χ0v) is 13.0. The van der Waals surface area contributed by atoms with Crippen molar-refractivity contribution >= 4 is 22.0 Å². The summed E-state index contributed by atoms with van der Waals surface area (Å²) in [6.07, 6.45) is -0.412. The van der Waals surface area contributed by atoms with Crippen LogP contribution in [0.2, 0.25) is 0 Å². The molecule has 1 aromatic carbocycles. The molecular weight excluding hydrogens is 322 g/mol. The van der Waals surface area contributed by atoms with Crippen molar-refractivity contribution in [3.63, 3.8) is 0 Å². The van der Waals surface area contributed by atoms with Gasteiger partial charge in [-0.1, -0.05) is 15.9 Å². The fourth-order valence-electron chi connectivity index (χ4n) is 2.32. The van der Waals surface area contributed by atoms with Gasteiger partial charge in [-0.3, -0.25) is 4.90 Å². The number of benzene rings is 1. The number of nitrogens with one attached hydrogen (secondary N) is 1. The zero-order chi connectivity index (χ0) is 14.7. The van der Waals surface area contributed by atoms with Crippen molar-refractivity contribution in [2.45, 2.75) is 25.9 Å². The second-order valence-corrected chi connectivity index (χ2v) is 5.80. The molecule has 106 valence electrons. The Morgan fingerprint density at radius 2 is 2.10 bits per heavy atom. The van der Waals surface area contributed by atoms with Gasteiger partial charge < -0.3 is 10.1 Å². The van der Waals surface area contributed by atoms with Gasteiger partial charge in [0.2, 0.25) is 0 Å². The van der Waals surface area contributed by atoms with Crippen LogP contribution in [-0.4, -0.2) is 36.2 Å². The Morgan fingerprint density at radius 1 is 1.45 bits per heavy atom. The van der Waals surface area contributed by atoms with E-state index in [1.54, 1.807) is 23.1 Å². The molecule has 2 rings (SSSR count). The van der Waals surface area contributed by atoms with E-state index in [9.17, 15) is 4.79 Å². The maximum atomic E-state index is 12.3. The van der Waals surface area contributed by atoms with Crippen LogP contribution in [0.5, 0.6) is 5.75 Å². The zero-order valence-electron chi connectivity index (χ0n) is 11.4. The SMILES string of the molecule is CC1CNCC(C)N1C(=O)Oc1ccc(Br)cc1C#N. The predicted molar refractivity (Wildman–Crippen MR) is 78.5 cm³/mol. The van der Waals surface area contributed by atoms with Crippen molar-refractivity contribution in [2.24, 2.45) is 0 Å². The number of nitrogens with zero attached hydrogens (tertiary/aromatic N) is 2. The second-order valence-electron chi connectivity index (χ2n) is 4.88. The number of ether oxygens (including phenoxy) is 1. The van der Waals surface area contributed by atoms with Gasteiger partial charge in [-0.2, -0.15) is 5.26 Å². The van der Waals surface area contributed by atoms with Crippen molar-refractivity contribution in [3.05, 3.63) is 28.2 Å². The molecule has 2 unspecified atom stereocenters. The van der Waals surface area contributed by atoms with Gasteiger partial charge in [0.1, 0.15) is 6.07 Å². The largest absolute Gasteiger partial charge is 0.415 e. The van der Waals surface area contributed by atoms with Crippen LogP contribution in [0.1, 0.15) is 19.4 Å². The van der Waals surface area contributed by atoms with Crippen molar-refractivity contribution in [2.75, 3.05) is 13.1 Å². The highest BCUT2D eigenvalue weighted by Gasteiger charge is 2.30. The van der Waals surface area contributed by atoms with Gasteiger partial charge in [0, 0.05) is 29.6 Å². The van der Waals surface area contributed by atoms with E-state index >= 15 is 0 Å². The molecule has 1 fully saturated rings. The monoisotopic (exact) mass is 337 g/mol. The molecule has 0 aliphatic carbocycles. The maximum Gasteiger partial charge on any atom is 0.415 e. The van der Waals surface area contributed by atoms with E-state index < -0.39 is 6.09 Å². The van der Waals surface area contributed by atoms with Gasteiger partial charge in [0.25, 0.3) is 0 Å². The first-order chi connectivity index (χ1) is 9.52. The lowest BCUT2D eigenvalue weighted by Crippen LogP contribution is -2.57. The third-order valence-corrected chi connectivity index (χ3v) is 3.79. The van der Waals surface area contributed by atoms with E-state index in [1.165, 1.54) is 0 Å². The lowest BCUT2D eigenvalue weighted by molar-refractivity contribution is 0.0968. The maximum absolute atomic E-state index is 12.3. The molecule has 1 aliphatic heterocycles. The Morgan fingerprint density at radius 3 is 2.70 bits per heavy atom. The van der Waals surface area contributed by atoms with E-state index in [0.29, 0.717) is 11.3 Å². The molecular formula is C14H16BrN3O2. The number of hydrogen-bond acceptors (Lipinski definition) is 4. The number of piperazine rings is 1. The van der Waals surface area contributed by atoms with Crippen LogP contribution >= 0.6 is 15.9 Å². The van der Waals surface area contributed by atoms with Gasteiger partial charge in [-0.15, -0.1) is 0 Å². The van der Waals surface area contributed by atoms with Gasteiger partial charge in [0.15, 0.2) is 5.75 Å². The Labute approximate surface area is 126 Å². The van der Waals surface area contributed by atoms with Crippen LogP contribution in [0.3, 0.4) is 0 Å². The van der Waals surface area contributed by atoms with Crippen LogP contribution in [-0.2, 0) is 0 Å². The molecule has 1 aliphatic rings. The summed E-state index contributed by atoms with van der Waals surface area (Å²) in [6.45, 7) is 5.42. The minimum Gasteiger partial charge on any atom is -0.409 e. The lowest BCUT2D eigenvalue weighted by atomic mass is 10.1. The van der Waals surface area contributed by atoms with E-state index in [0.717, 1.165) is 17.6 Å². The molecule has 0 bridgehead atoms. The van der Waals surface area contributed by atoms with Crippen molar-refractivity contribution in [3.8, 4) is 11.8 Å².